The second-order valence-corrected chi connectivity index (χ2v) is 4.93. The molecule has 1 aromatic rings. The van der Waals surface area contributed by atoms with Gasteiger partial charge in [-0.2, -0.15) is 5.10 Å². The summed E-state index contributed by atoms with van der Waals surface area (Å²) in [6.45, 7) is 4.56. The second-order valence-electron chi connectivity index (χ2n) is 4.93. The van der Waals surface area contributed by atoms with Crippen LogP contribution in [0.15, 0.2) is 12.4 Å². The van der Waals surface area contributed by atoms with Crippen LogP contribution in [0, 0.1) is 5.92 Å². The Kier molecular flexibility index (Phi) is 5.95. The van der Waals surface area contributed by atoms with Crippen LogP contribution in [0.1, 0.15) is 18.4 Å². The molecular formula is C12H23ClN4. The first-order valence-corrected chi connectivity index (χ1v) is 6.11. The molecule has 98 valence electrons. The number of aromatic nitrogens is 2. The van der Waals surface area contributed by atoms with Crippen molar-refractivity contribution in [1.82, 2.24) is 20.0 Å². The third kappa shape index (κ3) is 4.66. The van der Waals surface area contributed by atoms with Crippen molar-refractivity contribution < 1.29 is 0 Å². The SMILES string of the molecule is CN(Cc1cnn(C)c1)CC1CCCNC1.Cl. The van der Waals surface area contributed by atoms with Gasteiger partial charge in [-0.25, -0.2) is 0 Å². The predicted octanol–water partition coefficient (Wildman–Crippen LogP) is 1.27. The summed E-state index contributed by atoms with van der Waals surface area (Å²) in [5, 5.41) is 7.66. The van der Waals surface area contributed by atoms with Crippen LogP contribution in [-0.2, 0) is 13.6 Å². The fourth-order valence-electron chi connectivity index (χ4n) is 2.45. The molecule has 1 N–H and O–H groups in total. The van der Waals surface area contributed by atoms with Crippen molar-refractivity contribution >= 4 is 12.4 Å². The molecule has 1 atom stereocenters. The molecule has 17 heavy (non-hydrogen) atoms. The maximum Gasteiger partial charge on any atom is 0.0534 e. The Morgan fingerprint density at radius 2 is 2.41 bits per heavy atom. The molecule has 4 nitrogen and oxygen atoms in total. The van der Waals surface area contributed by atoms with Crippen molar-refractivity contribution in [1.29, 1.82) is 0 Å². The molecule has 0 amide bonds. The highest BCUT2D eigenvalue weighted by atomic mass is 35.5. The van der Waals surface area contributed by atoms with Crippen molar-refractivity contribution in [2.45, 2.75) is 19.4 Å². The van der Waals surface area contributed by atoms with Gasteiger partial charge in [0.15, 0.2) is 0 Å². The average Bonchev–Trinajstić information content (AvgIpc) is 2.65. The summed E-state index contributed by atoms with van der Waals surface area (Å²) in [4.78, 5) is 2.40. The van der Waals surface area contributed by atoms with Gasteiger partial charge < -0.3 is 10.2 Å². The minimum Gasteiger partial charge on any atom is -0.316 e. The van der Waals surface area contributed by atoms with Crippen molar-refractivity contribution in [2.24, 2.45) is 13.0 Å². The number of nitrogens with one attached hydrogen (secondary N) is 1. The number of halogens is 1. The first-order valence-electron chi connectivity index (χ1n) is 6.11. The highest BCUT2D eigenvalue weighted by Gasteiger charge is 2.15. The zero-order valence-electron chi connectivity index (χ0n) is 10.7. The van der Waals surface area contributed by atoms with E-state index in [1.54, 1.807) is 0 Å². The lowest BCUT2D eigenvalue weighted by Crippen LogP contribution is -2.36. The summed E-state index contributed by atoms with van der Waals surface area (Å²) < 4.78 is 1.87. The van der Waals surface area contributed by atoms with Crippen LogP contribution in [0.25, 0.3) is 0 Å². The zero-order chi connectivity index (χ0) is 11.4. The molecule has 0 bridgehead atoms. The van der Waals surface area contributed by atoms with Gasteiger partial charge in [-0.05, 0) is 38.9 Å². The van der Waals surface area contributed by atoms with Gasteiger partial charge in [0.1, 0.15) is 0 Å². The minimum atomic E-state index is 0. The molecular weight excluding hydrogens is 236 g/mol. The van der Waals surface area contributed by atoms with Gasteiger partial charge >= 0.3 is 0 Å². The number of nitrogens with zero attached hydrogens (tertiary/aromatic N) is 3. The van der Waals surface area contributed by atoms with Crippen LogP contribution in [0.4, 0.5) is 0 Å². The maximum absolute atomic E-state index is 4.19. The average molecular weight is 259 g/mol. The standard InChI is InChI=1S/C12H22N4.ClH/c1-15(8-11-4-3-5-13-6-11)9-12-7-14-16(2)10-12;/h7,10-11,13H,3-6,8-9H2,1-2H3;1H. The quantitative estimate of drug-likeness (QED) is 0.883. The number of rotatable bonds is 4. The van der Waals surface area contributed by atoms with Crippen LogP contribution in [-0.4, -0.2) is 41.4 Å². The number of aryl methyl sites for hydroxylation is 1. The van der Waals surface area contributed by atoms with Crippen molar-refractivity contribution in [3.8, 4) is 0 Å². The molecule has 5 heteroatoms. The molecule has 2 rings (SSSR count). The monoisotopic (exact) mass is 258 g/mol. The summed E-state index contributed by atoms with van der Waals surface area (Å²) in [5.74, 6) is 0.815. The molecule has 1 unspecified atom stereocenters. The number of piperidine rings is 1. The largest absolute Gasteiger partial charge is 0.316 e. The van der Waals surface area contributed by atoms with Crippen molar-refractivity contribution in [3.05, 3.63) is 18.0 Å². The van der Waals surface area contributed by atoms with E-state index in [4.69, 9.17) is 0 Å². The summed E-state index contributed by atoms with van der Waals surface area (Å²) in [7, 11) is 4.16. The van der Waals surface area contributed by atoms with Gasteiger partial charge in [0, 0.05) is 31.9 Å². The zero-order valence-corrected chi connectivity index (χ0v) is 11.5. The Hall–Kier alpha value is -0.580. The number of hydrogen-bond donors (Lipinski definition) is 1. The van der Waals surface area contributed by atoms with E-state index in [0.29, 0.717) is 0 Å². The predicted molar refractivity (Wildman–Crippen MR) is 72.4 cm³/mol. The van der Waals surface area contributed by atoms with Crippen molar-refractivity contribution in [3.63, 3.8) is 0 Å². The molecule has 0 aliphatic carbocycles. The van der Waals surface area contributed by atoms with Gasteiger partial charge in [-0.1, -0.05) is 0 Å². The van der Waals surface area contributed by atoms with Crippen LogP contribution < -0.4 is 5.32 Å². The van der Waals surface area contributed by atoms with Gasteiger partial charge in [0.2, 0.25) is 0 Å². The molecule has 1 fully saturated rings. The Labute approximate surface area is 110 Å². The van der Waals surface area contributed by atoms with Gasteiger partial charge in [0.25, 0.3) is 0 Å². The molecule has 1 aliphatic rings. The first-order chi connectivity index (χ1) is 7.74. The lowest BCUT2D eigenvalue weighted by molar-refractivity contribution is 0.237. The van der Waals surface area contributed by atoms with E-state index >= 15 is 0 Å². The third-order valence-corrected chi connectivity index (χ3v) is 3.18. The fraction of sp³-hybridized carbons (Fsp3) is 0.750. The molecule has 1 aromatic heterocycles. The van der Waals surface area contributed by atoms with Crippen LogP contribution in [0.3, 0.4) is 0 Å². The van der Waals surface area contributed by atoms with Crippen molar-refractivity contribution in [2.75, 3.05) is 26.7 Å². The van der Waals surface area contributed by atoms with E-state index < -0.39 is 0 Å². The fourth-order valence-corrected chi connectivity index (χ4v) is 2.45. The highest BCUT2D eigenvalue weighted by molar-refractivity contribution is 5.85. The van der Waals surface area contributed by atoms with Gasteiger partial charge in [-0.15, -0.1) is 12.4 Å². The van der Waals surface area contributed by atoms with E-state index in [1.165, 1.54) is 38.0 Å². The summed E-state index contributed by atoms with van der Waals surface area (Å²) in [6.07, 6.45) is 6.74. The smallest absolute Gasteiger partial charge is 0.0534 e. The van der Waals surface area contributed by atoms with Crippen LogP contribution >= 0.6 is 12.4 Å². The molecule has 1 saturated heterocycles. The Bertz CT molecular complexity index is 320. The van der Waals surface area contributed by atoms with E-state index in [0.717, 1.165) is 12.5 Å². The first kappa shape index (κ1) is 14.5. The van der Waals surface area contributed by atoms with Crippen LogP contribution in [0.2, 0.25) is 0 Å². The summed E-state index contributed by atoms with van der Waals surface area (Å²) in [6, 6.07) is 0. The van der Waals surface area contributed by atoms with E-state index in [2.05, 4.69) is 28.6 Å². The summed E-state index contributed by atoms with van der Waals surface area (Å²) in [5.41, 5.74) is 1.30. The highest BCUT2D eigenvalue weighted by Crippen LogP contribution is 2.12. The summed E-state index contributed by atoms with van der Waals surface area (Å²) >= 11 is 0. The minimum absolute atomic E-state index is 0. The third-order valence-electron chi connectivity index (χ3n) is 3.18. The Balaban J connectivity index is 0.00000144. The Morgan fingerprint density at radius 3 is 3.00 bits per heavy atom. The Morgan fingerprint density at radius 1 is 1.59 bits per heavy atom. The van der Waals surface area contributed by atoms with E-state index in [1.807, 2.05) is 17.9 Å². The second kappa shape index (κ2) is 6.99. The van der Waals surface area contributed by atoms with Gasteiger partial charge in [0.05, 0.1) is 6.20 Å². The van der Waals surface area contributed by atoms with E-state index in [9.17, 15) is 0 Å². The molecule has 0 saturated carbocycles. The van der Waals surface area contributed by atoms with Crippen LogP contribution in [0.5, 0.6) is 0 Å². The molecule has 2 heterocycles. The topological polar surface area (TPSA) is 33.1 Å². The van der Waals surface area contributed by atoms with Gasteiger partial charge in [-0.3, -0.25) is 4.68 Å². The number of hydrogen-bond acceptors (Lipinski definition) is 3. The molecule has 0 spiro atoms. The molecule has 0 aromatic carbocycles. The maximum atomic E-state index is 4.19. The lowest BCUT2D eigenvalue weighted by Gasteiger charge is -2.27. The lowest BCUT2D eigenvalue weighted by atomic mass is 9.99. The van der Waals surface area contributed by atoms with E-state index in [-0.39, 0.29) is 12.4 Å². The molecule has 0 radical (unpaired) electrons. The normalized spacial score (nSPS) is 20.3. The molecule has 1 aliphatic heterocycles.